The molecule has 2 aromatic rings. The molecule has 0 unspecified atom stereocenters. The highest BCUT2D eigenvalue weighted by Gasteiger charge is 2.13. The lowest BCUT2D eigenvalue weighted by Crippen LogP contribution is -2.27. The fourth-order valence-corrected chi connectivity index (χ4v) is 3.15. The second-order valence-electron chi connectivity index (χ2n) is 7.46. The highest BCUT2D eigenvalue weighted by molar-refractivity contribution is 6.01. The summed E-state index contributed by atoms with van der Waals surface area (Å²) in [6, 6.07) is 19.0. The molecule has 0 aliphatic rings. The lowest BCUT2D eigenvalue weighted by Gasteiger charge is -2.13. The Balaban J connectivity index is 1.85. The van der Waals surface area contributed by atoms with Gasteiger partial charge in [0.1, 0.15) is 17.4 Å². The van der Waals surface area contributed by atoms with Gasteiger partial charge in [0.2, 0.25) is 0 Å². The molecule has 4 nitrogen and oxygen atoms in total. The third-order valence-corrected chi connectivity index (χ3v) is 4.97. The van der Waals surface area contributed by atoms with Crippen LogP contribution in [0.1, 0.15) is 69.5 Å². The molecule has 0 aliphatic carbocycles. The van der Waals surface area contributed by atoms with E-state index in [-0.39, 0.29) is 17.5 Å². The zero-order valence-electron chi connectivity index (χ0n) is 18.1. The number of benzene rings is 2. The summed E-state index contributed by atoms with van der Waals surface area (Å²) < 4.78 is 5.78. The van der Waals surface area contributed by atoms with Crippen LogP contribution in [0.5, 0.6) is 5.75 Å². The second-order valence-corrected chi connectivity index (χ2v) is 7.46. The Morgan fingerprint density at radius 3 is 2.37 bits per heavy atom. The summed E-state index contributed by atoms with van der Waals surface area (Å²) in [6.07, 6.45) is 9.00. The van der Waals surface area contributed by atoms with Gasteiger partial charge in [0.15, 0.2) is 0 Å². The van der Waals surface area contributed by atoms with Crippen molar-refractivity contribution < 1.29 is 9.53 Å². The van der Waals surface area contributed by atoms with E-state index in [0.29, 0.717) is 6.61 Å². The van der Waals surface area contributed by atoms with E-state index >= 15 is 0 Å². The molecular formula is C26H32N2O2. The van der Waals surface area contributed by atoms with E-state index in [1.165, 1.54) is 32.1 Å². The van der Waals surface area contributed by atoms with Crippen LogP contribution in [-0.2, 0) is 4.79 Å². The molecular weight excluding hydrogens is 372 g/mol. The third-order valence-electron chi connectivity index (χ3n) is 4.97. The summed E-state index contributed by atoms with van der Waals surface area (Å²) in [7, 11) is 0. The highest BCUT2D eigenvalue weighted by Crippen LogP contribution is 2.17. The van der Waals surface area contributed by atoms with E-state index in [1.807, 2.05) is 67.6 Å². The Kier molecular flexibility index (Phi) is 10.2. The van der Waals surface area contributed by atoms with Crippen LogP contribution in [0.3, 0.4) is 0 Å². The monoisotopic (exact) mass is 404 g/mol. The van der Waals surface area contributed by atoms with E-state index in [9.17, 15) is 10.1 Å². The number of hydrogen-bond acceptors (Lipinski definition) is 3. The normalized spacial score (nSPS) is 12.1. The number of carbonyl (C=O) groups excluding carboxylic acids is 1. The summed E-state index contributed by atoms with van der Waals surface area (Å²) in [5.41, 5.74) is 1.87. The lowest BCUT2D eigenvalue weighted by molar-refractivity contribution is -0.117. The van der Waals surface area contributed by atoms with Crippen LogP contribution in [0, 0.1) is 11.3 Å². The van der Waals surface area contributed by atoms with Gasteiger partial charge in [0, 0.05) is 0 Å². The van der Waals surface area contributed by atoms with E-state index < -0.39 is 0 Å². The molecule has 4 heteroatoms. The maximum Gasteiger partial charge on any atom is 0.262 e. The van der Waals surface area contributed by atoms with Gasteiger partial charge < -0.3 is 10.1 Å². The van der Waals surface area contributed by atoms with Gasteiger partial charge in [0.25, 0.3) is 5.91 Å². The lowest BCUT2D eigenvalue weighted by atomic mass is 10.1. The quantitative estimate of drug-likeness (QED) is 0.260. The summed E-state index contributed by atoms with van der Waals surface area (Å²) in [5, 5.41) is 12.3. The maximum atomic E-state index is 12.5. The topological polar surface area (TPSA) is 62.1 Å². The van der Waals surface area contributed by atoms with Crippen molar-refractivity contribution >= 4 is 12.0 Å². The molecule has 1 N–H and O–H groups in total. The highest BCUT2D eigenvalue weighted by atomic mass is 16.5. The van der Waals surface area contributed by atoms with Crippen molar-refractivity contribution in [2.24, 2.45) is 0 Å². The van der Waals surface area contributed by atoms with Crippen LogP contribution < -0.4 is 10.1 Å². The Labute approximate surface area is 180 Å². The summed E-state index contributed by atoms with van der Waals surface area (Å²) in [5.74, 6) is 0.429. The second kappa shape index (κ2) is 13.2. The van der Waals surface area contributed by atoms with Crippen molar-refractivity contribution in [2.75, 3.05) is 6.61 Å². The first-order chi connectivity index (χ1) is 14.6. The first kappa shape index (κ1) is 23.2. The molecule has 0 saturated heterocycles. The molecule has 0 aliphatic heterocycles. The van der Waals surface area contributed by atoms with E-state index in [1.54, 1.807) is 6.08 Å². The van der Waals surface area contributed by atoms with Crippen molar-refractivity contribution in [1.82, 2.24) is 5.32 Å². The molecule has 0 aromatic heterocycles. The van der Waals surface area contributed by atoms with Crippen molar-refractivity contribution in [1.29, 1.82) is 5.26 Å². The number of nitrogens with one attached hydrogen (secondary N) is 1. The molecule has 0 saturated carbocycles. The molecule has 0 radical (unpaired) electrons. The maximum absolute atomic E-state index is 12.5. The number of amides is 1. The molecule has 1 atom stereocenters. The molecule has 0 fully saturated rings. The first-order valence-corrected chi connectivity index (χ1v) is 10.8. The number of nitriles is 1. The van der Waals surface area contributed by atoms with Crippen LogP contribution >= 0.6 is 0 Å². The molecule has 0 bridgehead atoms. The minimum Gasteiger partial charge on any atom is -0.494 e. The van der Waals surface area contributed by atoms with Crippen LogP contribution in [-0.4, -0.2) is 12.5 Å². The Morgan fingerprint density at radius 1 is 1.03 bits per heavy atom. The Hall–Kier alpha value is -3.06. The van der Waals surface area contributed by atoms with Gasteiger partial charge >= 0.3 is 0 Å². The number of rotatable bonds is 12. The molecule has 1 amide bonds. The number of carbonyl (C=O) groups is 1. The van der Waals surface area contributed by atoms with Gasteiger partial charge in [-0.05, 0) is 42.7 Å². The predicted molar refractivity (Wildman–Crippen MR) is 122 cm³/mol. The van der Waals surface area contributed by atoms with Crippen molar-refractivity contribution in [3.05, 3.63) is 71.3 Å². The number of nitrogens with zero attached hydrogens (tertiary/aromatic N) is 1. The molecule has 2 rings (SSSR count). The Bertz CT molecular complexity index is 836. The SMILES string of the molecule is CCCCCCCCOc1ccc(/C=C(/C#N)C(=O)N[C@@H](C)c2ccccc2)cc1. The fraction of sp³-hybridized carbons (Fsp3) is 0.385. The van der Waals surface area contributed by atoms with E-state index in [0.717, 1.165) is 23.3 Å². The van der Waals surface area contributed by atoms with Crippen molar-refractivity contribution in [2.45, 2.75) is 58.4 Å². The third kappa shape index (κ3) is 8.13. The largest absolute Gasteiger partial charge is 0.494 e. The number of ether oxygens (including phenoxy) is 1. The first-order valence-electron chi connectivity index (χ1n) is 10.8. The standard InChI is InChI=1S/C26H32N2O2/c1-3-4-5-6-7-11-18-30-25-16-14-22(15-17-25)19-24(20-27)26(29)28-21(2)23-12-9-8-10-13-23/h8-10,12-17,19,21H,3-7,11,18H2,1-2H3,(H,28,29)/b24-19-/t21-/m0/s1. The molecule has 0 spiro atoms. The van der Waals surface area contributed by atoms with E-state index in [2.05, 4.69) is 12.2 Å². The minimum absolute atomic E-state index is 0.0820. The molecule has 2 aromatic carbocycles. The average molecular weight is 405 g/mol. The smallest absolute Gasteiger partial charge is 0.262 e. The predicted octanol–water partition coefficient (Wildman–Crippen LogP) is 6.21. The fourth-order valence-electron chi connectivity index (χ4n) is 3.15. The van der Waals surface area contributed by atoms with Crippen LogP contribution in [0.25, 0.3) is 6.08 Å². The Morgan fingerprint density at radius 2 is 1.70 bits per heavy atom. The summed E-state index contributed by atoms with van der Waals surface area (Å²) >= 11 is 0. The van der Waals surface area contributed by atoms with Crippen molar-refractivity contribution in [3.63, 3.8) is 0 Å². The van der Waals surface area contributed by atoms with Crippen LogP contribution in [0.2, 0.25) is 0 Å². The summed E-state index contributed by atoms with van der Waals surface area (Å²) in [4.78, 5) is 12.5. The van der Waals surface area contributed by atoms with Crippen molar-refractivity contribution in [3.8, 4) is 11.8 Å². The van der Waals surface area contributed by atoms with Gasteiger partial charge in [-0.2, -0.15) is 5.26 Å². The van der Waals surface area contributed by atoms with Gasteiger partial charge in [0.05, 0.1) is 12.6 Å². The van der Waals surface area contributed by atoms with Gasteiger partial charge in [-0.1, -0.05) is 81.5 Å². The van der Waals surface area contributed by atoms with Gasteiger partial charge in [-0.25, -0.2) is 0 Å². The van der Waals surface area contributed by atoms with Gasteiger partial charge in [-0.15, -0.1) is 0 Å². The van der Waals surface area contributed by atoms with E-state index in [4.69, 9.17) is 4.74 Å². The van der Waals surface area contributed by atoms with Gasteiger partial charge in [-0.3, -0.25) is 4.79 Å². The summed E-state index contributed by atoms with van der Waals surface area (Å²) in [6.45, 7) is 4.84. The molecule has 158 valence electrons. The molecule has 30 heavy (non-hydrogen) atoms. The number of unbranched alkanes of at least 4 members (excludes halogenated alkanes) is 5. The zero-order valence-corrected chi connectivity index (χ0v) is 18.1. The number of hydrogen-bond donors (Lipinski definition) is 1. The minimum atomic E-state index is -0.378. The average Bonchev–Trinajstić information content (AvgIpc) is 2.78. The zero-order chi connectivity index (χ0) is 21.6. The van der Waals surface area contributed by atoms with Crippen LogP contribution in [0.4, 0.5) is 0 Å². The molecule has 0 heterocycles. The van der Waals surface area contributed by atoms with Crippen LogP contribution in [0.15, 0.2) is 60.2 Å².